The van der Waals surface area contributed by atoms with Crippen LogP contribution in [-0.4, -0.2) is 41.3 Å². The van der Waals surface area contributed by atoms with Crippen molar-refractivity contribution in [3.05, 3.63) is 65.5 Å². The van der Waals surface area contributed by atoms with Gasteiger partial charge in [-0.05, 0) is 42.7 Å². The number of aromatic nitrogens is 3. The number of pyridine rings is 1. The summed E-state index contributed by atoms with van der Waals surface area (Å²) in [5.74, 6) is 2.43. The highest BCUT2D eigenvalue weighted by Crippen LogP contribution is 2.27. The van der Waals surface area contributed by atoms with E-state index in [2.05, 4.69) is 84.5 Å². The number of anilines is 1. The van der Waals surface area contributed by atoms with Gasteiger partial charge in [0.15, 0.2) is 0 Å². The first-order valence-corrected chi connectivity index (χ1v) is 11.5. The molecule has 1 fully saturated rings. The van der Waals surface area contributed by atoms with Crippen LogP contribution in [0.15, 0.2) is 48.5 Å². The van der Waals surface area contributed by atoms with E-state index >= 15 is 0 Å². The average molecular weight is 430 g/mol. The maximum Gasteiger partial charge on any atom is 0.133 e. The summed E-state index contributed by atoms with van der Waals surface area (Å²) in [6.07, 6.45) is 0. The molecule has 1 saturated heterocycles. The molecule has 6 nitrogen and oxygen atoms in total. The summed E-state index contributed by atoms with van der Waals surface area (Å²) in [6.45, 7) is 10.5. The van der Waals surface area contributed by atoms with E-state index in [4.69, 9.17) is 14.7 Å². The van der Waals surface area contributed by atoms with Gasteiger partial charge in [-0.25, -0.2) is 9.97 Å². The molecule has 2 N–H and O–H groups in total. The number of para-hydroxylation sites is 1. The van der Waals surface area contributed by atoms with Crippen molar-refractivity contribution in [3.8, 4) is 0 Å². The lowest BCUT2D eigenvalue weighted by Crippen LogP contribution is -2.38. The first-order chi connectivity index (χ1) is 15.6. The summed E-state index contributed by atoms with van der Waals surface area (Å²) < 4.78 is 5.58. The van der Waals surface area contributed by atoms with Gasteiger partial charge < -0.3 is 19.9 Å². The predicted octanol–water partition coefficient (Wildman–Crippen LogP) is 4.74. The third kappa shape index (κ3) is 4.20. The summed E-state index contributed by atoms with van der Waals surface area (Å²) in [6, 6.07) is 17.1. The fourth-order valence-corrected chi connectivity index (χ4v) is 4.49. The van der Waals surface area contributed by atoms with Crippen LogP contribution in [0.5, 0.6) is 0 Å². The number of nitrogens with one attached hydrogen (secondary N) is 2. The molecule has 0 radical (unpaired) electrons. The normalized spacial score (nSPS) is 15.7. The molecule has 166 valence electrons. The second kappa shape index (κ2) is 8.88. The monoisotopic (exact) mass is 429 g/mol. The van der Waals surface area contributed by atoms with Crippen molar-refractivity contribution in [2.75, 3.05) is 31.2 Å². The first kappa shape index (κ1) is 20.9. The molecule has 2 aromatic carbocycles. The van der Waals surface area contributed by atoms with Gasteiger partial charge in [0.2, 0.25) is 0 Å². The minimum atomic E-state index is 0.117. The Balaban J connectivity index is 1.46. The van der Waals surface area contributed by atoms with Crippen molar-refractivity contribution in [1.29, 1.82) is 0 Å². The van der Waals surface area contributed by atoms with Crippen LogP contribution in [0.4, 0.5) is 5.82 Å². The smallest absolute Gasteiger partial charge is 0.133 e. The third-order valence-electron chi connectivity index (χ3n) is 6.22. The molecule has 0 amide bonds. The lowest BCUT2D eigenvalue weighted by molar-refractivity contribution is 0.122. The molecule has 32 heavy (non-hydrogen) atoms. The van der Waals surface area contributed by atoms with Crippen molar-refractivity contribution in [1.82, 2.24) is 20.3 Å². The average Bonchev–Trinajstić information content (AvgIpc) is 3.21. The van der Waals surface area contributed by atoms with Gasteiger partial charge >= 0.3 is 0 Å². The second-order valence-electron chi connectivity index (χ2n) is 9.01. The fraction of sp³-hybridized carbons (Fsp3) is 0.385. The Morgan fingerprint density at radius 1 is 1.03 bits per heavy atom. The fourth-order valence-electron chi connectivity index (χ4n) is 4.49. The molecule has 1 aliphatic heterocycles. The Bertz CT molecular complexity index is 1230. The second-order valence-corrected chi connectivity index (χ2v) is 9.01. The molecule has 1 unspecified atom stereocenters. The molecule has 0 aliphatic carbocycles. The maximum absolute atomic E-state index is 5.58. The number of aromatic amines is 1. The maximum atomic E-state index is 5.58. The molecular formula is C26H31N5O. The van der Waals surface area contributed by atoms with Crippen LogP contribution in [0.2, 0.25) is 0 Å². The Kier molecular flexibility index (Phi) is 5.81. The van der Waals surface area contributed by atoms with E-state index in [1.54, 1.807) is 0 Å². The molecule has 3 heterocycles. The summed E-state index contributed by atoms with van der Waals surface area (Å²) in [4.78, 5) is 15.8. The van der Waals surface area contributed by atoms with Crippen LogP contribution in [0, 0.1) is 12.8 Å². The Hall–Kier alpha value is -2.96. The van der Waals surface area contributed by atoms with E-state index in [-0.39, 0.29) is 6.04 Å². The summed E-state index contributed by atoms with van der Waals surface area (Å²) in [7, 11) is 0. The molecule has 5 rings (SSSR count). The number of fused-ring (bicyclic) bond motifs is 2. The van der Waals surface area contributed by atoms with Crippen molar-refractivity contribution < 1.29 is 4.74 Å². The minimum absolute atomic E-state index is 0.117. The Morgan fingerprint density at radius 3 is 2.66 bits per heavy atom. The quantitative estimate of drug-likeness (QED) is 0.463. The van der Waals surface area contributed by atoms with Gasteiger partial charge in [-0.3, -0.25) is 0 Å². The largest absolute Gasteiger partial charge is 0.378 e. The molecule has 1 atom stereocenters. The van der Waals surface area contributed by atoms with Crippen molar-refractivity contribution in [2.45, 2.75) is 33.4 Å². The number of hydrogen-bond donors (Lipinski definition) is 2. The molecule has 0 spiro atoms. The lowest BCUT2D eigenvalue weighted by atomic mass is 10.0. The zero-order valence-corrected chi connectivity index (χ0v) is 19.1. The number of ether oxygens (including phenoxy) is 1. The van der Waals surface area contributed by atoms with Gasteiger partial charge in [0.05, 0.1) is 35.8 Å². The highest BCUT2D eigenvalue weighted by Gasteiger charge is 2.22. The van der Waals surface area contributed by atoms with Gasteiger partial charge in [-0.2, -0.15) is 0 Å². The van der Waals surface area contributed by atoms with Crippen LogP contribution in [0.3, 0.4) is 0 Å². The van der Waals surface area contributed by atoms with Crippen LogP contribution >= 0.6 is 0 Å². The third-order valence-corrected chi connectivity index (χ3v) is 6.22. The number of rotatable bonds is 6. The lowest BCUT2D eigenvalue weighted by Gasteiger charge is -2.30. The van der Waals surface area contributed by atoms with Crippen LogP contribution in [0.25, 0.3) is 21.9 Å². The van der Waals surface area contributed by atoms with E-state index in [0.717, 1.165) is 61.0 Å². The number of aryl methyl sites for hydroxylation is 1. The van der Waals surface area contributed by atoms with Crippen molar-refractivity contribution >= 4 is 27.8 Å². The van der Waals surface area contributed by atoms with Gasteiger partial charge in [-0.15, -0.1) is 0 Å². The number of H-pyrrole nitrogens is 1. The van der Waals surface area contributed by atoms with Crippen LogP contribution in [-0.2, 0) is 11.3 Å². The summed E-state index contributed by atoms with van der Waals surface area (Å²) in [5, 5.41) is 4.95. The topological polar surface area (TPSA) is 66.1 Å². The molecular weight excluding hydrogens is 398 g/mol. The Labute approximate surface area is 189 Å². The highest BCUT2D eigenvalue weighted by atomic mass is 16.5. The molecule has 4 aromatic rings. The van der Waals surface area contributed by atoms with E-state index < -0.39 is 0 Å². The number of imidazole rings is 1. The van der Waals surface area contributed by atoms with Gasteiger partial charge in [-0.1, -0.05) is 38.1 Å². The van der Waals surface area contributed by atoms with E-state index in [0.29, 0.717) is 5.92 Å². The van der Waals surface area contributed by atoms with E-state index in [1.807, 2.05) is 0 Å². The summed E-state index contributed by atoms with van der Waals surface area (Å²) in [5.41, 5.74) is 5.58. The number of morpholine rings is 1. The van der Waals surface area contributed by atoms with Crippen LogP contribution in [0.1, 0.15) is 36.8 Å². The van der Waals surface area contributed by atoms with E-state index in [9.17, 15) is 0 Å². The molecule has 2 aromatic heterocycles. The highest BCUT2D eigenvalue weighted by molar-refractivity contribution is 5.82. The van der Waals surface area contributed by atoms with Crippen molar-refractivity contribution in [3.63, 3.8) is 0 Å². The molecule has 6 heteroatoms. The van der Waals surface area contributed by atoms with Gasteiger partial charge in [0, 0.05) is 30.6 Å². The minimum Gasteiger partial charge on any atom is -0.378 e. The zero-order chi connectivity index (χ0) is 22.1. The van der Waals surface area contributed by atoms with Gasteiger partial charge in [0.1, 0.15) is 11.6 Å². The standard InChI is InChI=1S/C26H31N5O/c1-17(2)24(25-28-22-9-8-18(3)14-23(22)29-25)27-16-20-15-19-6-4-5-7-21(19)30-26(20)31-10-12-32-13-11-31/h4-9,14-15,17,24,27H,10-13,16H2,1-3H3,(H,28,29). The number of hydrogen-bond acceptors (Lipinski definition) is 5. The predicted molar refractivity (Wildman–Crippen MR) is 130 cm³/mol. The summed E-state index contributed by atoms with van der Waals surface area (Å²) >= 11 is 0. The molecule has 0 saturated carbocycles. The molecule has 0 bridgehead atoms. The van der Waals surface area contributed by atoms with Crippen molar-refractivity contribution in [2.24, 2.45) is 5.92 Å². The number of nitrogens with zero attached hydrogens (tertiary/aromatic N) is 3. The van der Waals surface area contributed by atoms with Gasteiger partial charge in [0.25, 0.3) is 0 Å². The SMILES string of the molecule is Cc1ccc2nc(C(NCc3cc4ccccc4nc3N3CCOCC3)C(C)C)[nH]c2c1. The zero-order valence-electron chi connectivity index (χ0n) is 19.1. The number of benzene rings is 2. The Morgan fingerprint density at radius 2 is 1.84 bits per heavy atom. The first-order valence-electron chi connectivity index (χ1n) is 11.5. The van der Waals surface area contributed by atoms with E-state index in [1.165, 1.54) is 16.5 Å². The van der Waals surface area contributed by atoms with Crippen LogP contribution < -0.4 is 10.2 Å². The molecule has 1 aliphatic rings.